The van der Waals surface area contributed by atoms with Crippen molar-refractivity contribution < 1.29 is 27.5 Å². The van der Waals surface area contributed by atoms with Gasteiger partial charge in [0, 0.05) is 18.7 Å². The van der Waals surface area contributed by atoms with E-state index in [2.05, 4.69) is 5.32 Å². The molecule has 0 spiro atoms. The van der Waals surface area contributed by atoms with E-state index in [0.717, 1.165) is 9.87 Å². The number of nitrogens with one attached hydrogen (secondary N) is 1. The third-order valence-electron chi connectivity index (χ3n) is 6.28. The molecule has 3 rings (SSSR count). The fourth-order valence-corrected chi connectivity index (χ4v) is 5.74. The number of nitrogens with zero attached hydrogens (tertiary/aromatic N) is 2. The molecular weight excluding hydrogens is 530 g/mol. The fourth-order valence-electron chi connectivity index (χ4n) is 4.31. The molecule has 1 atom stereocenters. The van der Waals surface area contributed by atoms with E-state index in [1.165, 1.54) is 37.3 Å². The van der Waals surface area contributed by atoms with E-state index >= 15 is 0 Å². The molecule has 214 valence electrons. The average molecular weight is 568 g/mol. The maximum atomic E-state index is 14.0. The molecule has 0 fully saturated rings. The van der Waals surface area contributed by atoms with Crippen molar-refractivity contribution in [3.63, 3.8) is 0 Å². The van der Waals surface area contributed by atoms with Crippen LogP contribution >= 0.6 is 0 Å². The summed E-state index contributed by atoms with van der Waals surface area (Å²) in [6, 6.07) is 21.0. The Morgan fingerprint density at radius 2 is 1.48 bits per heavy atom. The second kappa shape index (κ2) is 13.8. The molecule has 0 radical (unpaired) electrons. The number of anilines is 1. The highest BCUT2D eigenvalue weighted by Gasteiger charge is 2.34. The molecule has 3 aromatic carbocycles. The molecule has 0 aliphatic rings. The van der Waals surface area contributed by atoms with E-state index in [1.54, 1.807) is 30.3 Å². The molecule has 0 saturated heterocycles. The second-order valence-corrected chi connectivity index (χ2v) is 11.3. The van der Waals surface area contributed by atoms with E-state index < -0.39 is 28.5 Å². The number of hydrogen-bond acceptors (Lipinski definition) is 6. The van der Waals surface area contributed by atoms with E-state index in [9.17, 15) is 18.0 Å². The van der Waals surface area contributed by atoms with Crippen LogP contribution in [0.1, 0.15) is 32.8 Å². The normalized spacial score (nSPS) is 11.9. The Hall–Kier alpha value is -4.05. The molecule has 0 unspecified atom stereocenters. The van der Waals surface area contributed by atoms with Crippen molar-refractivity contribution in [1.29, 1.82) is 0 Å². The van der Waals surface area contributed by atoms with Crippen LogP contribution in [0.5, 0.6) is 11.5 Å². The van der Waals surface area contributed by atoms with Crippen LogP contribution in [-0.4, -0.2) is 58.0 Å². The molecule has 1 N–H and O–H groups in total. The molecule has 0 bridgehead atoms. The summed E-state index contributed by atoms with van der Waals surface area (Å²) in [7, 11) is -1.36. The highest BCUT2D eigenvalue weighted by molar-refractivity contribution is 7.92. The molecule has 2 amide bonds. The molecule has 0 heterocycles. The van der Waals surface area contributed by atoms with Gasteiger partial charge in [0.25, 0.3) is 10.0 Å². The Morgan fingerprint density at radius 1 is 0.875 bits per heavy atom. The molecule has 0 aromatic heterocycles. The lowest BCUT2D eigenvalue weighted by Gasteiger charge is -2.33. The summed E-state index contributed by atoms with van der Waals surface area (Å²) in [5.74, 6) is -0.192. The predicted molar refractivity (Wildman–Crippen MR) is 155 cm³/mol. The number of rotatable bonds is 13. The van der Waals surface area contributed by atoms with Crippen LogP contribution in [0.4, 0.5) is 5.69 Å². The minimum atomic E-state index is -4.24. The lowest BCUT2D eigenvalue weighted by atomic mass is 10.1. The largest absolute Gasteiger partial charge is 0.493 e. The third kappa shape index (κ3) is 7.32. The van der Waals surface area contributed by atoms with Crippen LogP contribution in [-0.2, 0) is 26.2 Å². The Bertz CT molecular complexity index is 1380. The molecule has 9 nitrogen and oxygen atoms in total. The average Bonchev–Trinajstić information content (AvgIpc) is 2.95. The zero-order valence-corrected chi connectivity index (χ0v) is 24.4. The van der Waals surface area contributed by atoms with Gasteiger partial charge in [-0.05, 0) is 50.1 Å². The van der Waals surface area contributed by atoms with Crippen molar-refractivity contribution in [1.82, 2.24) is 10.2 Å². The molecular formula is C30H37N3O6S. The maximum Gasteiger partial charge on any atom is 0.264 e. The van der Waals surface area contributed by atoms with Crippen molar-refractivity contribution in [3.05, 3.63) is 84.4 Å². The SMILES string of the molecule is CC[C@H](C(=O)NC(C)C)N(Cc1ccccc1)C(=O)CN(c1ccccc1)S(=O)(=O)c1ccc(OC)c(OC)c1. The van der Waals surface area contributed by atoms with Gasteiger partial charge in [0.15, 0.2) is 11.5 Å². The number of sulfonamides is 1. The minimum Gasteiger partial charge on any atom is -0.493 e. The zero-order valence-electron chi connectivity index (χ0n) is 23.5. The summed E-state index contributed by atoms with van der Waals surface area (Å²) in [5.41, 5.74) is 1.13. The lowest BCUT2D eigenvalue weighted by molar-refractivity contribution is -0.140. The number of benzene rings is 3. The molecule has 0 saturated carbocycles. The summed E-state index contributed by atoms with van der Waals surface area (Å²) < 4.78 is 39.7. The van der Waals surface area contributed by atoms with Gasteiger partial charge in [-0.15, -0.1) is 0 Å². The van der Waals surface area contributed by atoms with Crippen molar-refractivity contribution in [2.75, 3.05) is 25.1 Å². The first kappa shape index (κ1) is 30.5. The molecule has 10 heteroatoms. The van der Waals surface area contributed by atoms with Crippen molar-refractivity contribution in [2.24, 2.45) is 0 Å². The number of carbonyl (C=O) groups excluding carboxylic acids is 2. The van der Waals surface area contributed by atoms with Gasteiger partial charge in [0.1, 0.15) is 12.6 Å². The quantitative estimate of drug-likeness (QED) is 0.332. The Balaban J connectivity index is 2.06. The highest BCUT2D eigenvalue weighted by Crippen LogP contribution is 2.32. The standard InChI is InChI=1S/C30H37N3O6S/c1-6-26(30(35)31-22(2)3)32(20-23-13-9-7-10-14-23)29(34)21-33(24-15-11-8-12-16-24)40(36,37)25-17-18-27(38-4)28(19-25)39-5/h7-19,22,26H,6,20-21H2,1-5H3,(H,31,35)/t26-/m1/s1. The van der Waals surface area contributed by atoms with Crippen LogP contribution in [0, 0.1) is 0 Å². The summed E-state index contributed by atoms with van der Waals surface area (Å²) in [5, 5.41) is 2.89. The maximum absolute atomic E-state index is 14.0. The summed E-state index contributed by atoms with van der Waals surface area (Å²) in [6.45, 7) is 5.15. The van der Waals surface area contributed by atoms with Crippen LogP contribution in [0.2, 0.25) is 0 Å². The van der Waals surface area contributed by atoms with Crippen molar-refractivity contribution in [3.8, 4) is 11.5 Å². The minimum absolute atomic E-state index is 0.0685. The van der Waals surface area contributed by atoms with Crippen molar-refractivity contribution in [2.45, 2.75) is 50.7 Å². The van der Waals surface area contributed by atoms with Crippen LogP contribution in [0.15, 0.2) is 83.8 Å². The van der Waals surface area contributed by atoms with E-state index in [0.29, 0.717) is 17.9 Å². The second-order valence-electron chi connectivity index (χ2n) is 9.46. The molecule has 0 aliphatic carbocycles. The van der Waals surface area contributed by atoms with Gasteiger partial charge in [-0.2, -0.15) is 0 Å². The number of ether oxygens (including phenoxy) is 2. The van der Waals surface area contributed by atoms with Gasteiger partial charge in [-0.25, -0.2) is 8.42 Å². The number of para-hydroxylation sites is 1. The van der Waals surface area contributed by atoms with E-state index in [1.807, 2.05) is 51.1 Å². The van der Waals surface area contributed by atoms with Gasteiger partial charge in [0.2, 0.25) is 11.8 Å². The number of amides is 2. The highest BCUT2D eigenvalue weighted by atomic mass is 32.2. The van der Waals surface area contributed by atoms with E-state index in [4.69, 9.17) is 9.47 Å². The summed E-state index contributed by atoms with van der Waals surface area (Å²) >= 11 is 0. The first-order valence-corrected chi connectivity index (χ1v) is 14.5. The van der Waals surface area contributed by atoms with Crippen LogP contribution in [0.3, 0.4) is 0 Å². The zero-order chi connectivity index (χ0) is 29.3. The van der Waals surface area contributed by atoms with Gasteiger partial charge < -0.3 is 19.7 Å². The van der Waals surface area contributed by atoms with Crippen LogP contribution < -0.4 is 19.1 Å². The first-order chi connectivity index (χ1) is 19.1. The van der Waals surface area contributed by atoms with Gasteiger partial charge in [0.05, 0.1) is 24.8 Å². The monoisotopic (exact) mass is 567 g/mol. The van der Waals surface area contributed by atoms with Gasteiger partial charge in [-0.3, -0.25) is 13.9 Å². The Labute approximate surface area is 236 Å². The number of hydrogen-bond donors (Lipinski definition) is 1. The fraction of sp³-hybridized carbons (Fsp3) is 0.333. The molecule has 3 aromatic rings. The third-order valence-corrected chi connectivity index (χ3v) is 8.05. The predicted octanol–water partition coefficient (Wildman–Crippen LogP) is 4.23. The summed E-state index contributed by atoms with van der Waals surface area (Å²) in [4.78, 5) is 28.6. The van der Waals surface area contributed by atoms with Crippen molar-refractivity contribution >= 4 is 27.5 Å². The molecule has 40 heavy (non-hydrogen) atoms. The Kier molecular flexibility index (Phi) is 10.6. The topological polar surface area (TPSA) is 105 Å². The number of methoxy groups -OCH3 is 2. The Morgan fingerprint density at radius 3 is 2.02 bits per heavy atom. The molecule has 0 aliphatic heterocycles. The summed E-state index contributed by atoms with van der Waals surface area (Å²) in [6.07, 6.45) is 0.352. The van der Waals surface area contributed by atoms with Gasteiger partial charge in [-0.1, -0.05) is 55.5 Å². The smallest absolute Gasteiger partial charge is 0.264 e. The van der Waals surface area contributed by atoms with E-state index in [-0.39, 0.29) is 29.1 Å². The van der Waals surface area contributed by atoms with Crippen LogP contribution in [0.25, 0.3) is 0 Å². The number of carbonyl (C=O) groups is 2. The lowest BCUT2D eigenvalue weighted by Crippen LogP contribution is -2.53. The van der Waals surface area contributed by atoms with Gasteiger partial charge >= 0.3 is 0 Å². The first-order valence-electron chi connectivity index (χ1n) is 13.1.